The fourth-order valence-electron chi connectivity index (χ4n) is 4.04. The van der Waals surface area contributed by atoms with E-state index in [9.17, 15) is 10.2 Å². The Kier molecular flexibility index (Phi) is 25.0. The van der Waals surface area contributed by atoms with Crippen LogP contribution in [0.15, 0.2) is 42.5 Å². The molecule has 0 bridgehead atoms. The minimum absolute atomic E-state index is 0.152. The molecule has 41 heavy (non-hydrogen) atoms. The van der Waals surface area contributed by atoms with Crippen molar-refractivity contribution in [3.8, 4) is 11.5 Å². The number of aryl methyl sites for hydroxylation is 1. The van der Waals surface area contributed by atoms with Gasteiger partial charge in [-0.05, 0) is 67.7 Å². The van der Waals surface area contributed by atoms with E-state index in [0.29, 0.717) is 6.54 Å². The topological polar surface area (TPSA) is 62.2 Å². The summed E-state index contributed by atoms with van der Waals surface area (Å²) in [5.74, 6) is 1.66. The molecule has 0 saturated carbocycles. The van der Waals surface area contributed by atoms with Gasteiger partial charge in [0.25, 0.3) is 0 Å². The molecular formula is C35H62ClNO4. The zero-order chi connectivity index (χ0) is 31.8. The van der Waals surface area contributed by atoms with Crippen molar-refractivity contribution in [1.29, 1.82) is 0 Å². The van der Waals surface area contributed by atoms with Crippen molar-refractivity contribution in [2.75, 3.05) is 38.7 Å². The molecule has 238 valence electrons. The fraction of sp³-hybridized carbons (Fsp3) is 0.657. The summed E-state index contributed by atoms with van der Waals surface area (Å²) < 4.78 is 11.6. The molecular weight excluding hydrogens is 534 g/mol. The lowest BCUT2D eigenvalue weighted by Crippen LogP contribution is -2.36. The van der Waals surface area contributed by atoms with Crippen LogP contribution in [0.25, 0.3) is 0 Å². The average Bonchev–Trinajstić information content (AvgIpc) is 2.98. The van der Waals surface area contributed by atoms with Crippen molar-refractivity contribution in [2.45, 2.75) is 113 Å². The van der Waals surface area contributed by atoms with Crippen LogP contribution in [0.1, 0.15) is 105 Å². The van der Waals surface area contributed by atoms with Crippen LogP contribution in [0, 0.1) is 6.92 Å². The van der Waals surface area contributed by atoms with Gasteiger partial charge in [0.2, 0.25) is 0 Å². The van der Waals surface area contributed by atoms with E-state index in [1.165, 1.54) is 17.5 Å². The van der Waals surface area contributed by atoms with Crippen LogP contribution in [0.3, 0.4) is 0 Å². The number of benzene rings is 2. The molecule has 0 radical (unpaired) electrons. The minimum Gasteiger partial charge on any atom is -0.491 e. The molecule has 0 aliphatic rings. The van der Waals surface area contributed by atoms with Crippen molar-refractivity contribution in [1.82, 2.24) is 4.90 Å². The summed E-state index contributed by atoms with van der Waals surface area (Å²) in [6.45, 7) is 26.0. The van der Waals surface area contributed by atoms with Crippen LogP contribution in [0.2, 0.25) is 0 Å². The van der Waals surface area contributed by atoms with Crippen LogP contribution in [-0.4, -0.2) is 66.0 Å². The SMILES string of the molecule is CC.CC.CCC.CCCN(CCC)CC(O)COc1ccc(C(C)(C)c2ccc(OCC(O)CCl)c(C)c2)cc1. The lowest BCUT2D eigenvalue weighted by molar-refractivity contribution is 0.0681. The number of aliphatic hydroxyl groups is 2. The van der Waals surface area contributed by atoms with Crippen LogP contribution in [0.4, 0.5) is 0 Å². The second kappa shape index (κ2) is 24.8. The normalized spacial score (nSPS) is 12.1. The van der Waals surface area contributed by atoms with E-state index >= 15 is 0 Å². The molecule has 0 saturated heterocycles. The molecule has 0 spiro atoms. The van der Waals surface area contributed by atoms with Crippen LogP contribution < -0.4 is 9.47 Å². The highest BCUT2D eigenvalue weighted by Crippen LogP contribution is 2.34. The molecule has 6 heteroatoms. The first-order valence-electron chi connectivity index (χ1n) is 15.7. The van der Waals surface area contributed by atoms with E-state index in [-0.39, 0.29) is 24.5 Å². The molecule has 0 heterocycles. The van der Waals surface area contributed by atoms with Crippen LogP contribution >= 0.6 is 11.6 Å². The Bertz CT molecular complexity index is 867. The van der Waals surface area contributed by atoms with Gasteiger partial charge in [0.05, 0.1) is 5.88 Å². The molecule has 2 aromatic carbocycles. The maximum atomic E-state index is 10.4. The van der Waals surface area contributed by atoms with Crippen LogP contribution in [-0.2, 0) is 5.41 Å². The maximum Gasteiger partial charge on any atom is 0.122 e. The van der Waals surface area contributed by atoms with Gasteiger partial charge >= 0.3 is 0 Å². The summed E-state index contributed by atoms with van der Waals surface area (Å²) in [6, 6.07) is 14.2. The van der Waals surface area contributed by atoms with Gasteiger partial charge in [-0.2, -0.15) is 0 Å². The Morgan fingerprint density at radius 3 is 1.73 bits per heavy atom. The third-order valence-corrected chi connectivity index (χ3v) is 6.43. The monoisotopic (exact) mass is 595 g/mol. The third kappa shape index (κ3) is 16.4. The second-order valence-electron chi connectivity index (χ2n) is 10.2. The Morgan fingerprint density at radius 2 is 1.27 bits per heavy atom. The maximum absolute atomic E-state index is 10.4. The van der Waals surface area contributed by atoms with Gasteiger partial charge in [0.15, 0.2) is 0 Å². The molecule has 2 aromatic rings. The van der Waals surface area contributed by atoms with Gasteiger partial charge in [-0.25, -0.2) is 0 Å². The Balaban J connectivity index is 0. The number of rotatable bonds is 15. The van der Waals surface area contributed by atoms with E-state index in [0.717, 1.165) is 43.0 Å². The molecule has 0 aliphatic heterocycles. The van der Waals surface area contributed by atoms with E-state index in [1.54, 1.807) is 0 Å². The van der Waals surface area contributed by atoms with Gasteiger partial charge in [-0.1, -0.05) is 99.9 Å². The molecule has 5 nitrogen and oxygen atoms in total. The van der Waals surface area contributed by atoms with Gasteiger partial charge in [-0.15, -0.1) is 11.6 Å². The lowest BCUT2D eigenvalue weighted by Gasteiger charge is -2.27. The Labute approximate surface area is 258 Å². The fourth-order valence-corrected chi connectivity index (χ4v) is 4.12. The van der Waals surface area contributed by atoms with Gasteiger partial charge in [0, 0.05) is 12.0 Å². The number of halogens is 1. The summed E-state index contributed by atoms with van der Waals surface area (Å²) in [7, 11) is 0. The number of nitrogens with zero attached hydrogens (tertiary/aromatic N) is 1. The minimum atomic E-state index is -0.675. The predicted molar refractivity (Wildman–Crippen MR) is 179 cm³/mol. The number of hydrogen-bond acceptors (Lipinski definition) is 5. The van der Waals surface area contributed by atoms with Crippen LogP contribution in [0.5, 0.6) is 11.5 Å². The summed E-state index contributed by atoms with van der Waals surface area (Å²) in [5.41, 5.74) is 3.15. The van der Waals surface area contributed by atoms with E-state index in [4.69, 9.17) is 21.1 Å². The van der Waals surface area contributed by atoms with Gasteiger partial charge < -0.3 is 24.6 Å². The van der Waals surface area contributed by atoms with Crippen molar-refractivity contribution in [2.24, 2.45) is 0 Å². The molecule has 0 aromatic heterocycles. The zero-order valence-electron chi connectivity index (χ0n) is 28.1. The summed E-state index contributed by atoms with van der Waals surface area (Å²) in [6.07, 6.45) is 2.23. The zero-order valence-corrected chi connectivity index (χ0v) is 28.9. The summed E-state index contributed by atoms with van der Waals surface area (Å²) in [5, 5.41) is 20.0. The highest BCUT2D eigenvalue weighted by molar-refractivity contribution is 6.18. The first-order chi connectivity index (χ1) is 19.6. The highest BCUT2D eigenvalue weighted by atomic mass is 35.5. The van der Waals surface area contributed by atoms with Crippen molar-refractivity contribution in [3.05, 3.63) is 59.2 Å². The standard InChI is InChI=1S/C28H42ClNO4.C3H8.2C2H6/c1-6-14-30(15-7-2)18-25(32)20-33-26-11-8-22(9-12-26)28(4,5)23-10-13-27(21(3)16-23)34-19-24(31)17-29;1-3-2;2*1-2/h8-13,16,24-25,31-32H,6-7,14-15,17-20H2,1-5H3;3H2,1-2H3;2*1-2H3. The summed E-state index contributed by atoms with van der Waals surface area (Å²) in [4.78, 5) is 2.29. The number of hydrogen-bond donors (Lipinski definition) is 2. The highest BCUT2D eigenvalue weighted by Gasteiger charge is 2.24. The molecule has 2 unspecified atom stereocenters. The predicted octanol–water partition coefficient (Wildman–Crippen LogP) is 8.63. The van der Waals surface area contributed by atoms with Crippen molar-refractivity contribution in [3.63, 3.8) is 0 Å². The van der Waals surface area contributed by atoms with Gasteiger partial charge in [0.1, 0.15) is 36.9 Å². The second-order valence-corrected chi connectivity index (χ2v) is 10.5. The van der Waals surface area contributed by atoms with Crippen molar-refractivity contribution < 1.29 is 19.7 Å². The molecule has 0 amide bonds. The lowest BCUT2D eigenvalue weighted by atomic mass is 9.77. The number of ether oxygens (including phenoxy) is 2. The summed E-state index contributed by atoms with van der Waals surface area (Å²) >= 11 is 5.65. The largest absolute Gasteiger partial charge is 0.491 e. The van der Waals surface area contributed by atoms with E-state index < -0.39 is 12.2 Å². The van der Waals surface area contributed by atoms with Gasteiger partial charge in [-0.3, -0.25) is 0 Å². The molecule has 2 atom stereocenters. The van der Waals surface area contributed by atoms with Crippen molar-refractivity contribution >= 4 is 11.6 Å². The quantitative estimate of drug-likeness (QED) is 0.202. The smallest absolute Gasteiger partial charge is 0.122 e. The Morgan fingerprint density at radius 1 is 0.780 bits per heavy atom. The average molecular weight is 596 g/mol. The number of aliphatic hydroxyl groups excluding tert-OH is 2. The molecule has 2 rings (SSSR count). The third-order valence-electron chi connectivity index (χ3n) is 6.07. The first kappa shape index (κ1) is 41.3. The molecule has 0 fully saturated rings. The number of alkyl halides is 1. The first-order valence-corrected chi connectivity index (χ1v) is 16.3. The Hall–Kier alpha value is -1.79. The van der Waals surface area contributed by atoms with E-state index in [1.807, 2.05) is 52.8 Å². The molecule has 0 aliphatic carbocycles. The molecule has 2 N–H and O–H groups in total. The van der Waals surface area contributed by atoms with E-state index in [2.05, 4.69) is 70.7 Å².